The summed E-state index contributed by atoms with van der Waals surface area (Å²) in [5.41, 5.74) is 0.0337. The van der Waals surface area contributed by atoms with Gasteiger partial charge in [0.1, 0.15) is 29.8 Å². The number of hydrogen-bond acceptors (Lipinski definition) is 7. The molecule has 2 N–H and O–H groups in total. The van der Waals surface area contributed by atoms with Crippen LogP contribution in [0.1, 0.15) is 43.4 Å². The molecule has 1 saturated heterocycles. The van der Waals surface area contributed by atoms with E-state index in [2.05, 4.69) is 25.6 Å². The minimum Gasteiger partial charge on any atom is -0.441 e. The highest BCUT2D eigenvalue weighted by atomic mass is 19.4. The molecule has 2 aliphatic heterocycles. The maximum Gasteiger partial charge on any atom is 0.416 e. The summed E-state index contributed by atoms with van der Waals surface area (Å²) in [6.45, 7) is 3.72. The van der Waals surface area contributed by atoms with Crippen LogP contribution < -0.4 is 15.5 Å². The molecule has 0 aromatic carbocycles. The predicted molar refractivity (Wildman–Crippen MR) is 110 cm³/mol. The van der Waals surface area contributed by atoms with Gasteiger partial charge in [-0.15, -0.1) is 0 Å². The Morgan fingerprint density at radius 2 is 2.03 bits per heavy atom. The van der Waals surface area contributed by atoms with Crippen molar-refractivity contribution in [3.8, 4) is 11.4 Å². The zero-order valence-corrected chi connectivity index (χ0v) is 17.4. The molecule has 2 aromatic heterocycles. The van der Waals surface area contributed by atoms with Crippen LogP contribution in [0, 0.1) is 5.92 Å². The van der Waals surface area contributed by atoms with E-state index < -0.39 is 23.9 Å². The molecular weight excluding hydrogens is 425 g/mol. The summed E-state index contributed by atoms with van der Waals surface area (Å²) in [6, 6.07) is 2.21. The Hall–Kier alpha value is -2.95. The second kappa shape index (κ2) is 7.88. The van der Waals surface area contributed by atoms with Crippen LogP contribution in [0.2, 0.25) is 0 Å². The van der Waals surface area contributed by atoms with Crippen LogP contribution in [0.25, 0.3) is 11.4 Å². The number of ether oxygens (including phenoxy) is 1. The topological polar surface area (TPSA) is 92.3 Å². The van der Waals surface area contributed by atoms with Gasteiger partial charge in [0.2, 0.25) is 0 Å². The van der Waals surface area contributed by atoms with E-state index in [-0.39, 0.29) is 35.0 Å². The molecule has 5 rings (SSSR count). The van der Waals surface area contributed by atoms with Gasteiger partial charge in [-0.2, -0.15) is 13.2 Å². The number of pyridine rings is 1. The average Bonchev–Trinajstić information content (AvgIpc) is 2.71. The van der Waals surface area contributed by atoms with Crippen molar-refractivity contribution in [1.82, 2.24) is 20.3 Å². The molecule has 1 unspecified atom stereocenters. The number of fused-ring (bicyclic) bond motifs is 1. The highest BCUT2D eigenvalue weighted by Crippen LogP contribution is 2.47. The van der Waals surface area contributed by atoms with Crippen LogP contribution in [0.4, 0.5) is 29.6 Å². The van der Waals surface area contributed by atoms with E-state index in [0.717, 1.165) is 31.4 Å². The van der Waals surface area contributed by atoms with Crippen LogP contribution in [0.5, 0.6) is 0 Å². The maximum atomic E-state index is 13.8. The second-order valence-corrected chi connectivity index (χ2v) is 8.52. The summed E-state index contributed by atoms with van der Waals surface area (Å²) in [6.07, 6.45) is -1.80. The standard InChI is InChI=1S/C21H23F3N6O2/c1-11-9-30(6-5-25-11)15-8-13(21(22,23)24)7-14(28-15)17-16-18(12-3-2-4-12)32-20(31)29-19(16)27-10-26-17/h7-8,10-12,18,25H,2-6,9H2,1H3,(H,26,27,29,31)/t11-,18?/m0/s1. The van der Waals surface area contributed by atoms with Crippen molar-refractivity contribution in [2.45, 2.75) is 44.5 Å². The third-order valence-corrected chi connectivity index (χ3v) is 6.28. The van der Waals surface area contributed by atoms with Gasteiger partial charge in [0.05, 0.1) is 16.8 Å². The first-order valence-corrected chi connectivity index (χ1v) is 10.7. The van der Waals surface area contributed by atoms with Gasteiger partial charge in [0.25, 0.3) is 0 Å². The molecule has 2 fully saturated rings. The fourth-order valence-corrected chi connectivity index (χ4v) is 4.45. The number of rotatable bonds is 3. The predicted octanol–water partition coefficient (Wildman–Crippen LogP) is 3.76. The molecular formula is C21H23F3N6O2. The zero-order chi connectivity index (χ0) is 22.5. The van der Waals surface area contributed by atoms with E-state index >= 15 is 0 Å². The van der Waals surface area contributed by atoms with Crippen molar-refractivity contribution in [3.05, 3.63) is 29.6 Å². The van der Waals surface area contributed by atoms with E-state index in [1.807, 2.05) is 11.8 Å². The molecule has 0 bridgehead atoms. The molecule has 1 aliphatic carbocycles. The third-order valence-electron chi connectivity index (χ3n) is 6.28. The Labute approximate surface area is 182 Å². The summed E-state index contributed by atoms with van der Waals surface area (Å²) in [5, 5.41) is 5.83. The molecule has 3 aliphatic rings. The lowest BCUT2D eigenvalue weighted by Crippen LogP contribution is -2.49. The number of aromatic nitrogens is 3. The lowest BCUT2D eigenvalue weighted by atomic mass is 9.78. The largest absolute Gasteiger partial charge is 0.441 e. The van der Waals surface area contributed by atoms with E-state index in [1.54, 1.807) is 0 Å². The fourth-order valence-electron chi connectivity index (χ4n) is 4.45. The number of carbonyl (C=O) groups is 1. The fraction of sp³-hybridized carbons (Fsp3) is 0.524. The van der Waals surface area contributed by atoms with Gasteiger partial charge >= 0.3 is 12.3 Å². The maximum absolute atomic E-state index is 13.8. The Kier molecular flexibility index (Phi) is 5.15. The van der Waals surface area contributed by atoms with Crippen molar-refractivity contribution in [3.63, 3.8) is 0 Å². The number of amides is 1. The SMILES string of the molecule is C[C@H]1CN(c2cc(C(F)(F)F)cc(-c3ncnc4c3C(C3CCC3)OC(=O)N4)n2)CCN1. The Balaban J connectivity index is 1.64. The summed E-state index contributed by atoms with van der Waals surface area (Å²) in [5.74, 6) is 0.597. The van der Waals surface area contributed by atoms with Gasteiger partial charge in [0, 0.05) is 31.6 Å². The van der Waals surface area contributed by atoms with Gasteiger partial charge in [-0.3, -0.25) is 5.32 Å². The first-order chi connectivity index (χ1) is 15.3. The van der Waals surface area contributed by atoms with Crippen molar-refractivity contribution < 1.29 is 22.7 Å². The number of alkyl halides is 3. The summed E-state index contributed by atoms with van der Waals surface area (Å²) in [4.78, 5) is 26.9. The average molecular weight is 448 g/mol. The molecule has 1 amide bonds. The number of piperazine rings is 1. The number of hydrogen-bond donors (Lipinski definition) is 2. The molecule has 32 heavy (non-hydrogen) atoms. The molecule has 2 aromatic rings. The lowest BCUT2D eigenvalue weighted by molar-refractivity contribution is -0.137. The summed E-state index contributed by atoms with van der Waals surface area (Å²) >= 11 is 0. The highest BCUT2D eigenvalue weighted by molar-refractivity contribution is 5.88. The van der Waals surface area contributed by atoms with Gasteiger partial charge in [-0.05, 0) is 31.9 Å². The Morgan fingerprint density at radius 3 is 2.72 bits per heavy atom. The quantitative estimate of drug-likeness (QED) is 0.739. The third kappa shape index (κ3) is 3.85. The normalized spacial score (nSPS) is 23.8. The van der Waals surface area contributed by atoms with E-state index in [1.165, 1.54) is 6.33 Å². The van der Waals surface area contributed by atoms with Gasteiger partial charge in [-0.1, -0.05) is 6.42 Å². The van der Waals surface area contributed by atoms with Crippen molar-refractivity contribution >= 4 is 17.7 Å². The zero-order valence-electron chi connectivity index (χ0n) is 17.4. The molecule has 1 saturated carbocycles. The first-order valence-electron chi connectivity index (χ1n) is 10.7. The smallest absolute Gasteiger partial charge is 0.416 e. The Morgan fingerprint density at radius 1 is 1.22 bits per heavy atom. The van der Waals surface area contributed by atoms with Crippen LogP contribution in [-0.2, 0) is 10.9 Å². The van der Waals surface area contributed by atoms with Gasteiger partial charge < -0.3 is 15.0 Å². The minimum atomic E-state index is -4.54. The number of anilines is 2. The number of carbonyl (C=O) groups excluding carboxylic acids is 1. The van der Waals surface area contributed by atoms with Crippen molar-refractivity contribution in [2.24, 2.45) is 5.92 Å². The van der Waals surface area contributed by atoms with Crippen LogP contribution in [-0.4, -0.2) is 46.7 Å². The Bertz CT molecular complexity index is 1040. The number of halogens is 3. The lowest BCUT2D eigenvalue weighted by Gasteiger charge is -2.37. The van der Waals surface area contributed by atoms with E-state index in [0.29, 0.717) is 25.2 Å². The number of nitrogens with zero attached hydrogens (tertiary/aromatic N) is 4. The number of nitrogens with one attached hydrogen (secondary N) is 2. The molecule has 170 valence electrons. The molecule has 2 atom stereocenters. The second-order valence-electron chi connectivity index (χ2n) is 8.52. The van der Waals surface area contributed by atoms with Gasteiger partial charge in [-0.25, -0.2) is 19.7 Å². The van der Waals surface area contributed by atoms with E-state index in [9.17, 15) is 18.0 Å². The minimum absolute atomic E-state index is 0.0868. The van der Waals surface area contributed by atoms with Crippen molar-refractivity contribution in [1.29, 1.82) is 0 Å². The van der Waals surface area contributed by atoms with Crippen LogP contribution in [0.3, 0.4) is 0 Å². The molecule has 11 heteroatoms. The molecule has 4 heterocycles. The number of cyclic esters (lactones) is 1. The summed E-state index contributed by atoms with van der Waals surface area (Å²) in [7, 11) is 0. The van der Waals surface area contributed by atoms with Crippen LogP contribution >= 0.6 is 0 Å². The van der Waals surface area contributed by atoms with E-state index in [4.69, 9.17) is 4.74 Å². The van der Waals surface area contributed by atoms with Gasteiger partial charge in [0.15, 0.2) is 0 Å². The molecule has 8 nitrogen and oxygen atoms in total. The monoisotopic (exact) mass is 448 g/mol. The van der Waals surface area contributed by atoms with Crippen molar-refractivity contribution in [2.75, 3.05) is 29.9 Å². The molecule has 0 radical (unpaired) electrons. The first kappa shape index (κ1) is 20.9. The molecule has 0 spiro atoms. The van der Waals surface area contributed by atoms with Crippen LogP contribution in [0.15, 0.2) is 18.5 Å². The highest BCUT2D eigenvalue weighted by Gasteiger charge is 2.40. The summed E-state index contributed by atoms with van der Waals surface area (Å²) < 4.78 is 46.9.